The first-order valence-corrected chi connectivity index (χ1v) is 8.76. The van der Waals surface area contributed by atoms with Crippen molar-refractivity contribution in [3.8, 4) is 11.3 Å². The van der Waals surface area contributed by atoms with Crippen LogP contribution in [0.5, 0.6) is 0 Å². The Kier molecular flexibility index (Phi) is 3.77. The predicted molar refractivity (Wildman–Crippen MR) is 102 cm³/mol. The highest BCUT2D eigenvalue weighted by molar-refractivity contribution is 5.91. The van der Waals surface area contributed by atoms with Crippen molar-refractivity contribution in [3.05, 3.63) is 46.8 Å². The molecule has 26 heavy (non-hydrogen) atoms. The Bertz CT molecular complexity index is 1030. The van der Waals surface area contributed by atoms with Gasteiger partial charge in [0.15, 0.2) is 0 Å². The van der Waals surface area contributed by atoms with Gasteiger partial charge < -0.3 is 15.6 Å². The molecule has 7 heteroatoms. The Hall–Kier alpha value is -2.80. The van der Waals surface area contributed by atoms with E-state index in [1.807, 2.05) is 32.0 Å². The third-order valence-electron chi connectivity index (χ3n) is 4.69. The third-order valence-corrected chi connectivity index (χ3v) is 4.69. The molecule has 3 N–H and O–H groups in total. The molecule has 3 aromatic rings. The highest BCUT2D eigenvalue weighted by Gasteiger charge is 2.41. The fraction of sp³-hybridized carbons (Fsp3) is 0.368. The van der Waals surface area contributed by atoms with Crippen LogP contribution in [0.4, 0.5) is 5.82 Å². The van der Waals surface area contributed by atoms with Crippen LogP contribution in [-0.2, 0) is 12.6 Å². The van der Waals surface area contributed by atoms with E-state index in [1.54, 1.807) is 13.2 Å². The van der Waals surface area contributed by atoms with Gasteiger partial charge in [0.05, 0.1) is 28.8 Å². The summed E-state index contributed by atoms with van der Waals surface area (Å²) in [6.07, 6.45) is 5.27. The van der Waals surface area contributed by atoms with Gasteiger partial charge in [0.1, 0.15) is 11.2 Å². The molecule has 134 valence electrons. The Balaban J connectivity index is 1.85. The average Bonchev–Trinajstić information content (AvgIpc) is 3.36. The van der Waals surface area contributed by atoms with Crippen molar-refractivity contribution < 1.29 is 0 Å². The van der Waals surface area contributed by atoms with Crippen molar-refractivity contribution in [2.75, 3.05) is 5.32 Å². The zero-order valence-corrected chi connectivity index (χ0v) is 15.2. The number of nitrogens with zero attached hydrogens (tertiary/aromatic N) is 4. The maximum atomic E-state index is 12.6. The Morgan fingerprint density at radius 3 is 2.65 bits per heavy atom. The van der Waals surface area contributed by atoms with E-state index in [2.05, 4.69) is 20.3 Å². The molecule has 0 amide bonds. The standard InChI is InChI=1S/C19H22N6O/c1-11(2)23-17-16-14(22-10-25(3)18(16)26)8-13(24-17)12-4-5-15(21-9-12)19(20)6-7-19/h4-5,8-11H,6-7,20H2,1-3H3,(H,23,24). The fourth-order valence-corrected chi connectivity index (χ4v) is 2.98. The molecule has 0 unspecified atom stereocenters. The molecule has 1 aliphatic rings. The van der Waals surface area contributed by atoms with Crippen LogP contribution in [-0.4, -0.2) is 25.6 Å². The summed E-state index contributed by atoms with van der Waals surface area (Å²) in [5, 5.41) is 3.76. The second-order valence-electron chi connectivity index (χ2n) is 7.30. The van der Waals surface area contributed by atoms with Gasteiger partial charge in [-0.2, -0.15) is 0 Å². The molecule has 1 aliphatic carbocycles. The lowest BCUT2D eigenvalue weighted by Gasteiger charge is -2.14. The zero-order valence-electron chi connectivity index (χ0n) is 15.2. The van der Waals surface area contributed by atoms with Crippen molar-refractivity contribution in [2.24, 2.45) is 12.8 Å². The van der Waals surface area contributed by atoms with E-state index in [1.165, 1.54) is 10.9 Å². The molecule has 0 radical (unpaired) electrons. The monoisotopic (exact) mass is 350 g/mol. The number of anilines is 1. The van der Waals surface area contributed by atoms with Gasteiger partial charge in [0, 0.05) is 24.8 Å². The van der Waals surface area contributed by atoms with Crippen LogP contribution < -0.4 is 16.6 Å². The van der Waals surface area contributed by atoms with Crippen LogP contribution >= 0.6 is 0 Å². The van der Waals surface area contributed by atoms with Gasteiger partial charge in [-0.25, -0.2) is 9.97 Å². The molecule has 0 saturated heterocycles. The zero-order chi connectivity index (χ0) is 18.5. The van der Waals surface area contributed by atoms with Gasteiger partial charge in [-0.3, -0.25) is 9.78 Å². The highest BCUT2D eigenvalue weighted by Crippen LogP contribution is 2.41. The molecular weight excluding hydrogens is 328 g/mol. The second-order valence-corrected chi connectivity index (χ2v) is 7.30. The Morgan fingerprint density at radius 2 is 2.04 bits per heavy atom. The first kappa shape index (κ1) is 16.7. The number of nitrogens with two attached hydrogens (primary N) is 1. The van der Waals surface area contributed by atoms with Gasteiger partial charge in [0.25, 0.3) is 5.56 Å². The molecule has 3 heterocycles. The molecule has 0 aromatic carbocycles. The van der Waals surface area contributed by atoms with Crippen molar-refractivity contribution >= 4 is 16.7 Å². The predicted octanol–water partition coefficient (Wildman–Crippen LogP) is 2.16. The summed E-state index contributed by atoms with van der Waals surface area (Å²) >= 11 is 0. The number of pyridine rings is 2. The number of hydrogen-bond acceptors (Lipinski definition) is 6. The molecule has 1 saturated carbocycles. The highest BCUT2D eigenvalue weighted by atomic mass is 16.1. The molecule has 0 spiro atoms. The van der Waals surface area contributed by atoms with E-state index < -0.39 is 0 Å². The van der Waals surface area contributed by atoms with Gasteiger partial charge in [-0.1, -0.05) is 0 Å². The molecule has 7 nitrogen and oxygen atoms in total. The lowest BCUT2D eigenvalue weighted by molar-refractivity contribution is 0.708. The summed E-state index contributed by atoms with van der Waals surface area (Å²) in [4.78, 5) is 26.2. The minimum absolute atomic E-state index is 0.121. The molecule has 4 rings (SSSR count). The van der Waals surface area contributed by atoms with Crippen molar-refractivity contribution in [1.82, 2.24) is 19.5 Å². The summed E-state index contributed by atoms with van der Waals surface area (Å²) in [5.41, 5.74) is 8.95. The molecule has 3 aromatic heterocycles. The van der Waals surface area contributed by atoms with Gasteiger partial charge in [-0.05, 0) is 44.9 Å². The van der Waals surface area contributed by atoms with E-state index in [-0.39, 0.29) is 17.1 Å². The van der Waals surface area contributed by atoms with Crippen molar-refractivity contribution in [1.29, 1.82) is 0 Å². The molecule has 0 aliphatic heterocycles. The van der Waals surface area contributed by atoms with Crippen LogP contribution in [0, 0.1) is 0 Å². The summed E-state index contributed by atoms with van der Waals surface area (Å²) < 4.78 is 1.46. The maximum absolute atomic E-state index is 12.6. The molecule has 0 bridgehead atoms. The summed E-state index contributed by atoms with van der Waals surface area (Å²) in [7, 11) is 1.69. The Labute approximate surface area is 151 Å². The Morgan fingerprint density at radius 1 is 1.27 bits per heavy atom. The molecular formula is C19H22N6O. The van der Waals surface area contributed by atoms with E-state index >= 15 is 0 Å². The van der Waals surface area contributed by atoms with Crippen LogP contribution in [0.3, 0.4) is 0 Å². The maximum Gasteiger partial charge on any atom is 0.264 e. The number of hydrogen-bond donors (Lipinski definition) is 2. The van der Waals surface area contributed by atoms with Gasteiger partial charge in [0.2, 0.25) is 0 Å². The van der Waals surface area contributed by atoms with Crippen LogP contribution in [0.25, 0.3) is 22.2 Å². The first-order chi connectivity index (χ1) is 12.4. The van der Waals surface area contributed by atoms with E-state index in [0.717, 1.165) is 29.8 Å². The van der Waals surface area contributed by atoms with E-state index in [9.17, 15) is 4.79 Å². The first-order valence-electron chi connectivity index (χ1n) is 8.76. The molecule has 1 fully saturated rings. The lowest BCUT2D eigenvalue weighted by atomic mass is 10.1. The summed E-state index contributed by atoms with van der Waals surface area (Å²) in [5.74, 6) is 0.544. The topological polar surface area (TPSA) is 98.7 Å². The van der Waals surface area contributed by atoms with Gasteiger partial charge in [-0.15, -0.1) is 0 Å². The average molecular weight is 350 g/mol. The minimum Gasteiger partial charge on any atom is -0.367 e. The normalized spacial score (nSPS) is 15.4. The van der Waals surface area contributed by atoms with Gasteiger partial charge >= 0.3 is 0 Å². The minimum atomic E-state index is -0.256. The largest absolute Gasteiger partial charge is 0.367 e. The quantitative estimate of drug-likeness (QED) is 0.748. The van der Waals surface area contributed by atoms with Crippen molar-refractivity contribution in [2.45, 2.75) is 38.3 Å². The fourth-order valence-electron chi connectivity index (χ4n) is 2.98. The second kappa shape index (κ2) is 5.88. The number of aryl methyl sites for hydroxylation is 1. The van der Waals surface area contributed by atoms with Crippen LogP contribution in [0.1, 0.15) is 32.4 Å². The number of rotatable bonds is 4. The summed E-state index contributed by atoms with van der Waals surface area (Å²) in [6.45, 7) is 4.02. The number of aromatic nitrogens is 4. The van der Waals surface area contributed by atoms with E-state index in [0.29, 0.717) is 16.7 Å². The number of fused-ring (bicyclic) bond motifs is 1. The summed E-state index contributed by atoms with van der Waals surface area (Å²) in [6, 6.07) is 5.90. The van der Waals surface area contributed by atoms with Crippen LogP contribution in [0.15, 0.2) is 35.5 Å². The van der Waals surface area contributed by atoms with E-state index in [4.69, 9.17) is 5.73 Å². The molecule has 0 atom stereocenters. The van der Waals surface area contributed by atoms with Crippen molar-refractivity contribution in [3.63, 3.8) is 0 Å². The SMILES string of the molecule is CC(C)Nc1nc(-c2ccc(C3(N)CC3)nc2)cc2ncn(C)c(=O)c12. The third kappa shape index (κ3) is 2.84. The number of nitrogens with one attached hydrogen (secondary N) is 1. The lowest BCUT2D eigenvalue weighted by Crippen LogP contribution is -2.21. The van der Waals surface area contributed by atoms with Crippen LogP contribution in [0.2, 0.25) is 0 Å². The smallest absolute Gasteiger partial charge is 0.264 e.